The zero-order valence-corrected chi connectivity index (χ0v) is 18.6. The molecular weight excluding hydrogens is 374 g/mol. The van der Waals surface area contributed by atoms with Gasteiger partial charge < -0.3 is 9.64 Å². The molecule has 1 unspecified atom stereocenters. The molecule has 0 radical (unpaired) electrons. The lowest BCUT2D eigenvalue weighted by Gasteiger charge is -2.26. The molecule has 30 heavy (non-hydrogen) atoms. The fourth-order valence-corrected chi connectivity index (χ4v) is 4.25. The summed E-state index contributed by atoms with van der Waals surface area (Å²) in [5.41, 5.74) is 1.59. The van der Waals surface area contributed by atoms with Crippen molar-refractivity contribution < 1.29 is 9.53 Å². The monoisotopic (exact) mass is 409 g/mol. The van der Waals surface area contributed by atoms with Crippen LogP contribution in [0.3, 0.4) is 0 Å². The summed E-state index contributed by atoms with van der Waals surface area (Å²) in [6.07, 6.45) is 1.24. The van der Waals surface area contributed by atoms with Crippen LogP contribution < -0.4 is 9.64 Å². The number of anilines is 1. The van der Waals surface area contributed by atoms with Gasteiger partial charge in [-0.2, -0.15) is 0 Å². The number of likely N-dealkylation sites (tertiary alicyclic amines) is 1. The van der Waals surface area contributed by atoms with Gasteiger partial charge in [-0.3, -0.25) is 14.6 Å². The fraction of sp³-hybridized carbons (Fsp3) is 0.480. The first-order valence-corrected chi connectivity index (χ1v) is 11.2. The molecular formula is C25H35N3O2. The lowest BCUT2D eigenvalue weighted by atomic mass is 10.1. The van der Waals surface area contributed by atoms with Gasteiger partial charge in [0.2, 0.25) is 0 Å². The third-order valence-corrected chi connectivity index (χ3v) is 5.98. The molecule has 1 fully saturated rings. The highest BCUT2D eigenvalue weighted by Gasteiger charge is 2.25. The highest BCUT2D eigenvalue weighted by molar-refractivity contribution is 6.06. The van der Waals surface area contributed by atoms with Crippen LogP contribution in [0.4, 0.5) is 5.69 Å². The number of ether oxygens (including phenoxy) is 1. The maximum absolute atomic E-state index is 12.9. The number of para-hydroxylation sites is 1. The van der Waals surface area contributed by atoms with Gasteiger partial charge in [-0.25, -0.2) is 0 Å². The third kappa shape index (κ3) is 5.61. The Morgan fingerprint density at radius 1 is 1.00 bits per heavy atom. The van der Waals surface area contributed by atoms with E-state index in [-0.39, 0.29) is 5.91 Å². The van der Waals surface area contributed by atoms with Crippen molar-refractivity contribution >= 4 is 11.6 Å². The molecule has 1 aliphatic rings. The number of carbonyl (C=O) groups is 1. The molecule has 1 amide bonds. The van der Waals surface area contributed by atoms with Crippen molar-refractivity contribution in [1.29, 1.82) is 0 Å². The standard InChI is InChI=1S/C25H35N3O2/c1-4-27(5-2)23-16-17-26(20-23)18-19-30-24-14-12-21(13-15-24)25(29)28(6-3)22-10-8-7-9-11-22/h7-15,23H,4-6,16-20H2,1-3H3. The van der Waals surface area contributed by atoms with E-state index >= 15 is 0 Å². The number of hydrogen-bond donors (Lipinski definition) is 0. The lowest BCUT2D eigenvalue weighted by molar-refractivity contribution is 0.0988. The lowest BCUT2D eigenvalue weighted by Crippen LogP contribution is -2.37. The summed E-state index contributed by atoms with van der Waals surface area (Å²) in [7, 11) is 0. The van der Waals surface area contributed by atoms with E-state index in [1.54, 1.807) is 4.90 Å². The van der Waals surface area contributed by atoms with Crippen LogP contribution in [0.2, 0.25) is 0 Å². The number of hydrogen-bond acceptors (Lipinski definition) is 4. The van der Waals surface area contributed by atoms with Crippen molar-refractivity contribution in [1.82, 2.24) is 9.80 Å². The molecule has 0 N–H and O–H groups in total. The number of benzene rings is 2. The topological polar surface area (TPSA) is 36.0 Å². The maximum atomic E-state index is 12.9. The molecule has 0 spiro atoms. The average molecular weight is 410 g/mol. The van der Waals surface area contributed by atoms with Crippen LogP contribution in [0, 0.1) is 0 Å². The van der Waals surface area contributed by atoms with Crippen molar-refractivity contribution in [2.24, 2.45) is 0 Å². The first-order chi connectivity index (χ1) is 14.7. The molecule has 0 bridgehead atoms. The minimum absolute atomic E-state index is 0.00904. The normalized spacial score (nSPS) is 16.7. The van der Waals surface area contributed by atoms with Gasteiger partial charge in [0.05, 0.1) is 0 Å². The Morgan fingerprint density at radius 3 is 2.33 bits per heavy atom. The highest BCUT2D eigenvalue weighted by Crippen LogP contribution is 2.19. The first kappa shape index (κ1) is 22.3. The molecule has 1 saturated heterocycles. The molecule has 1 heterocycles. The second-order valence-corrected chi connectivity index (χ2v) is 7.72. The van der Waals surface area contributed by atoms with E-state index in [0.717, 1.165) is 44.2 Å². The van der Waals surface area contributed by atoms with Gasteiger partial charge in [0.25, 0.3) is 5.91 Å². The second-order valence-electron chi connectivity index (χ2n) is 7.72. The van der Waals surface area contributed by atoms with E-state index in [2.05, 4.69) is 23.6 Å². The Bertz CT molecular complexity index is 775. The van der Waals surface area contributed by atoms with Crippen molar-refractivity contribution in [2.45, 2.75) is 33.2 Å². The Morgan fingerprint density at radius 2 is 1.70 bits per heavy atom. The van der Waals surface area contributed by atoms with Crippen LogP contribution >= 0.6 is 0 Å². The Hall–Kier alpha value is -2.37. The van der Waals surface area contributed by atoms with Crippen LogP contribution in [-0.2, 0) is 0 Å². The molecule has 2 aromatic rings. The molecule has 5 nitrogen and oxygen atoms in total. The number of nitrogens with zero attached hydrogens (tertiary/aromatic N) is 3. The van der Waals surface area contributed by atoms with Crippen molar-refractivity contribution in [3.63, 3.8) is 0 Å². The molecule has 0 aromatic heterocycles. The fourth-order valence-electron chi connectivity index (χ4n) is 4.25. The first-order valence-electron chi connectivity index (χ1n) is 11.2. The zero-order chi connectivity index (χ0) is 21.3. The molecule has 162 valence electrons. The Kier molecular flexibility index (Phi) is 8.29. The van der Waals surface area contributed by atoms with Crippen LogP contribution in [0.5, 0.6) is 5.75 Å². The van der Waals surface area contributed by atoms with E-state index in [9.17, 15) is 4.79 Å². The van der Waals surface area contributed by atoms with Gasteiger partial charge in [0.15, 0.2) is 0 Å². The van der Waals surface area contributed by atoms with Gasteiger partial charge in [0.1, 0.15) is 12.4 Å². The van der Waals surface area contributed by atoms with Crippen LogP contribution in [0.15, 0.2) is 54.6 Å². The predicted molar refractivity (Wildman–Crippen MR) is 123 cm³/mol. The molecule has 5 heteroatoms. The largest absolute Gasteiger partial charge is 0.492 e. The highest BCUT2D eigenvalue weighted by atomic mass is 16.5. The third-order valence-electron chi connectivity index (χ3n) is 5.98. The summed E-state index contributed by atoms with van der Waals surface area (Å²) in [5.74, 6) is 0.823. The van der Waals surface area contributed by atoms with Crippen molar-refractivity contribution in [3.05, 3.63) is 60.2 Å². The molecule has 0 aliphatic carbocycles. The molecule has 3 rings (SSSR count). The number of amides is 1. The Balaban J connectivity index is 1.48. The summed E-state index contributed by atoms with van der Waals surface area (Å²) in [4.78, 5) is 19.7. The van der Waals surface area contributed by atoms with Gasteiger partial charge in [-0.1, -0.05) is 32.0 Å². The molecule has 1 aliphatic heterocycles. The van der Waals surface area contributed by atoms with Crippen molar-refractivity contribution in [2.75, 3.05) is 50.8 Å². The Labute approximate surface area is 181 Å². The number of likely N-dealkylation sites (N-methyl/N-ethyl adjacent to an activating group) is 1. The predicted octanol–water partition coefficient (Wildman–Crippen LogP) is 4.15. The summed E-state index contributed by atoms with van der Waals surface area (Å²) in [6, 6.07) is 18.0. The summed E-state index contributed by atoms with van der Waals surface area (Å²) in [6.45, 7) is 13.2. The minimum atomic E-state index is 0.00904. The van der Waals surface area contributed by atoms with Gasteiger partial charge in [0, 0.05) is 36.9 Å². The quantitative estimate of drug-likeness (QED) is 0.591. The van der Waals surface area contributed by atoms with Crippen LogP contribution in [-0.4, -0.2) is 67.6 Å². The van der Waals surface area contributed by atoms with Gasteiger partial charge in [-0.15, -0.1) is 0 Å². The second kappa shape index (κ2) is 11.1. The summed E-state index contributed by atoms with van der Waals surface area (Å²) in [5, 5.41) is 0. The van der Waals surface area contributed by atoms with Crippen LogP contribution in [0.25, 0.3) is 0 Å². The minimum Gasteiger partial charge on any atom is -0.492 e. The zero-order valence-electron chi connectivity index (χ0n) is 18.6. The summed E-state index contributed by atoms with van der Waals surface area (Å²) < 4.78 is 5.94. The summed E-state index contributed by atoms with van der Waals surface area (Å²) >= 11 is 0. The maximum Gasteiger partial charge on any atom is 0.258 e. The van der Waals surface area contributed by atoms with E-state index in [4.69, 9.17) is 4.74 Å². The van der Waals surface area contributed by atoms with Gasteiger partial charge >= 0.3 is 0 Å². The number of rotatable bonds is 10. The average Bonchev–Trinajstić information content (AvgIpc) is 3.25. The van der Waals surface area contributed by atoms with E-state index in [1.165, 1.54) is 6.42 Å². The van der Waals surface area contributed by atoms with Gasteiger partial charge in [-0.05, 0) is 69.4 Å². The number of carbonyl (C=O) groups excluding carboxylic acids is 1. The SMILES string of the molecule is CCN(C(=O)c1ccc(OCCN2CCC(N(CC)CC)C2)cc1)c1ccccc1. The van der Waals surface area contributed by atoms with E-state index < -0.39 is 0 Å². The smallest absolute Gasteiger partial charge is 0.258 e. The van der Waals surface area contributed by atoms with E-state index in [0.29, 0.717) is 24.8 Å². The molecule has 0 saturated carbocycles. The van der Waals surface area contributed by atoms with Crippen molar-refractivity contribution in [3.8, 4) is 5.75 Å². The van der Waals surface area contributed by atoms with E-state index in [1.807, 2.05) is 61.5 Å². The molecule has 1 atom stereocenters. The van der Waals surface area contributed by atoms with Crippen LogP contribution in [0.1, 0.15) is 37.6 Å². The molecule has 2 aromatic carbocycles.